The highest BCUT2D eigenvalue weighted by atomic mass is 15.2. The first-order valence-corrected chi connectivity index (χ1v) is 3.08. The molecular formula is C8H17N. The molecule has 1 aliphatic heterocycles. The van der Waals surface area contributed by atoms with Crippen molar-refractivity contribution < 1.29 is 8.22 Å². The molecule has 1 heterocycles. The third-order valence-electron chi connectivity index (χ3n) is 1.21. The van der Waals surface area contributed by atoms with Crippen molar-refractivity contribution in [2.75, 3.05) is 13.0 Å². The van der Waals surface area contributed by atoms with Gasteiger partial charge in [0.2, 0.25) is 0 Å². The molecule has 0 saturated carbocycles. The lowest BCUT2D eigenvalue weighted by atomic mass is 10.1. The molecule has 0 aliphatic carbocycles. The van der Waals surface area contributed by atoms with Gasteiger partial charge in [-0.25, -0.2) is 0 Å². The molecule has 1 rings (SSSR count). The van der Waals surface area contributed by atoms with Gasteiger partial charge in [0.25, 0.3) is 0 Å². The number of nitrogens with zero attached hydrogens (tertiary/aromatic N) is 1. The third kappa shape index (κ3) is 1.68. The number of hydrogen-bond donors (Lipinski definition) is 0. The second kappa shape index (κ2) is 2.30. The van der Waals surface area contributed by atoms with E-state index in [1.54, 1.807) is 20.8 Å². The smallest absolute Gasteiger partial charge is 0.0431 e. The molecule has 54 valence electrons. The summed E-state index contributed by atoms with van der Waals surface area (Å²) in [5.41, 5.74) is -0.668. The first-order chi connectivity index (χ1) is 6.44. The molecule has 1 nitrogen and oxygen atoms in total. The van der Waals surface area contributed by atoms with Gasteiger partial charge in [0.05, 0.1) is 0 Å². The second-order valence-electron chi connectivity index (χ2n) is 3.11. The summed E-state index contributed by atoms with van der Waals surface area (Å²) in [7, 11) is 0. The van der Waals surface area contributed by atoms with Crippen LogP contribution in [0, 0.1) is 0 Å². The van der Waals surface area contributed by atoms with Crippen LogP contribution in [0.25, 0.3) is 0 Å². The van der Waals surface area contributed by atoms with Crippen molar-refractivity contribution in [3.63, 3.8) is 0 Å². The molecule has 0 radical (unpaired) electrons. The normalized spacial score (nSPS) is 60.3. The van der Waals surface area contributed by atoms with E-state index in [1.807, 2.05) is 0 Å². The van der Waals surface area contributed by atoms with Gasteiger partial charge in [0.1, 0.15) is 0 Å². The van der Waals surface area contributed by atoms with Crippen LogP contribution in [0.4, 0.5) is 0 Å². The van der Waals surface area contributed by atoms with E-state index in [9.17, 15) is 0 Å². The molecule has 1 heteroatoms. The Kier molecular flexibility index (Phi) is 0.647. The molecular weight excluding hydrogens is 110 g/mol. The molecule has 0 aromatic heterocycles. The van der Waals surface area contributed by atoms with Crippen LogP contribution in [-0.4, -0.2) is 23.5 Å². The largest absolute Gasteiger partial charge is 0.298 e. The molecule has 1 aliphatic rings. The first kappa shape index (κ1) is 2.54. The summed E-state index contributed by atoms with van der Waals surface area (Å²) < 4.78 is 45.9. The lowest BCUT2D eigenvalue weighted by Crippen LogP contribution is -2.38. The zero-order valence-corrected chi connectivity index (χ0v) is 6.10. The lowest BCUT2D eigenvalue weighted by molar-refractivity contribution is 0.175. The number of rotatable bonds is 0. The van der Waals surface area contributed by atoms with Crippen molar-refractivity contribution in [2.24, 2.45) is 0 Å². The fraction of sp³-hybridized carbons (Fsp3) is 1.00. The van der Waals surface area contributed by atoms with E-state index in [0.717, 1.165) is 4.90 Å². The van der Waals surface area contributed by atoms with E-state index < -0.39 is 31.3 Å². The zero-order valence-electron chi connectivity index (χ0n) is 12.1. The van der Waals surface area contributed by atoms with Gasteiger partial charge in [-0.1, -0.05) is 0 Å². The second-order valence-corrected chi connectivity index (χ2v) is 3.11. The fourth-order valence-corrected chi connectivity index (χ4v) is 0.647. The van der Waals surface area contributed by atoms with Crippen LogP contribution in [0.5, 0.6) is 0 Å². The predicted octanol–water partition coefficient (Wildman–Crippen LogP) is 1.88. The maximum Gasteiger partial charge on any atom is 0.0431 e. The summed E-state index contributed by atoms with van der Waals surface area (Å²) in [6, 6.07) is 0. The van der Waals surface area contributed by atoms with Gasteiger partial charge < -0.3 is 0 Å². The number of likely N-dealkylation sites (tertiary alicyclic amines) is 1. The van der Waals surface area contributed by atoms with E-state index in [0.29, 0.717) is 0 Å². The molecule has 2 unspecified atom stereocenters. The van der Waals surface area contributed by atoms with Crippen molar-refractivity contribution in [2.45, 2.75) is 39.1 Å². The van der Waals surface area contributed by atoms with Crippen LogP contribution in [0.15, 0.2) is 0 Å². The number of hydrogen-bond acceptors (Lipinski definition) is 1. The molecule has 0 bridgehead atoms. The van der Waals surface area contributed by atoms with Crippen molar-refractivity contribution in [1.29, 1.82) is 0 Å². The highest BCUT2D eigenvalue weighted by molar-refractivity contribution is 4.79. The molecule has 1 fully saturated rings. The quantitative estimate of drug-likeness (QED) is 0.487. The zero-order chi connectivity index (χ0) is 12.2. The average Bonchev–Trinajstić information content (AvgIpc) is 2.08. The highest BCUT2D eigenvalue weighted by Gasteiger charge is 2.23. The minimum absolute atomic E-state index is 0.668. The van der Waals surface area contributed by atoms with Gasteiger partial charge >= 0.3 is 0 Å². The standard InChI is InChI=1S/C8H17N/c1-8(2,3)9-6-4-5-7-9/h4-7H2,1-3H3/i4D,5D2,6D,7D2. The molecule has 0 amide bonds. The van der Waals surface area contributed by atoms with Gasteiger partial charge in [-0.05, 0) is 46.6 Å². The lowest BCUT2D eigenvalue weighted by Gasteiger charge is -2.31. The van der Waals surface area contributed by atoms with E-state index in [4.69, 9.17) is 8.22 Å². The summed E-state index contributed by atoms with van der Waals surface area (Å²) in [6.07, 6.45) is -3.70. The summed E-state index contributed by atoms with van der Waals surface area (Å²) >= 11 is 0. The fourth-order valence-electron chi connectivity index (χ4n) is 0.647. The topological polar surface area (TPSA) is 3.24 Å². The molecule has 0 spiro atoms. The van der Waals surface area contributed by atoms with E-state index in [2.05, 4.69) is 0 Å². The van der Waals surface area contributed by atoms with Crippen LogP contribution in [0.2, 0.25) is 0 Å². The molecule has 1 saturated heterocycles. The van der Waals surface area contributed by atoms with E-state index >= 15 is 0 Å². The Morgan fingerprint density at radius 2 is 2.11 bits per heavy atom. The van der Waals surface area contributed by atoms with Crippen molar-refractivity contribution in [3.8, 4) is 0 Å². The van der Waals surface area contributed by atoms with Crippen molar-refractivity contribution in [1.82, 2.24) is 4.90 Å². The Morgan fingerprint density at radius 3 is 2.33 bits per heavy atom. The minimum Gasteiger partial charge on any atom is -0.298 e. The molecule has 0 N–H and O–H groups in total. The Bertz CT molecular complexity index is 258. The highest BCUT2D eigenvalue weighted by Crippen LogP contribution is 2.19. The van der Waals surface area contributed by atoms with E-state index in [-0.39, 0.29) is 0 Å². The summed E-state index contributed by atoms with van der Waals surface area (Å²) in [5.74, 6) is 0. The van der Waals surface area contributed by atoms with E-state index in [1.165, 1.54) is 0 Å². The van der Waals surface area contributed by atoms with Gasteiger partial charge in [0.15, 0.2) is 0 Å². The molecule has 0 aromatic carbocycles. The predicted molar refractivity (Wildman–Crippen MR) is 40.6 cm³/mol. The monoisotopic (exact) mass is 133 g/mol. The Balaban J connectivity index is 3.21. The molecule has 9 heavy (non-hydrogen) atoms. The summed E-state index contributed by atoms with van der Waals surface area (Å²) in [6.45, 7) is 1.72. The maximum absolute atomic E-state index is 7.74. The Labute approximate surface area is 66.5 Å². The van der Waals surface area contributed by atoms with Gasteiger partial charge in [-0.3, -0.25) is 4.90 Å². The van der Waals surface area contributed by atoms with Crippen LogP contribution >= 0.6 is 0 Å². The van der Waals surface area contributed by atoms with Crippen LogP contribution < -0.4 is 0 Å². The van der Waals surface area contributed by atoms with Crippen LogP contribution in [0.3, 0.4) is 0 Å². The SMILES string of the molecule is [2H]C1C([2H])C([2H])([2H])C([2H])([2H])N1C(C)(C)C. The molecule has 2 atom stereocenters. The van der Waals surface area contributed by atoms with Gasteiger partial charge in [-0.2, -0.15) is 0 Å². The minimum atomic E-state index is -2.31. The summed E-state index contributed by atoms with van der Waals surface area (Å²) in [5, 5.41) is 0. The first-order valence-electron chi connectivity index (χ1n) is 6.23. The molecule has 0 aromatic rings. The Morgan fingerprint density at radius 1 is 1.44 bits per heavy atom. The van der Waals surface area contributed by atoms with Gasteiger partial charge in [-0.15, -0.1) is 0 Å². The summed E-state index contributed by atoms with van der Waals surface area (Å²) in [4.78, 5) is 1.14. The van der Waals surface area contributed by atoms with Gasteiger partial charge in [0, 0.05) is 13.8 Å². The Hall–Kier alpha value is -0.0400. The van der Waals surface area contributed by atoms with Crippen LogP contribution in [0.1, 0.15) is 41.8 Å². The van der Waals surface area contributed by atoms with Crippen LogP contribution in [-0.2, 0) is 0 Å². The third-order valence-corrected chi connectivity index (χ3v) is 1.21. The van der Waals surface area contributed by atoms with Crippen molar-refractivity contribution >= 4 is 0 Å². The maximum atomic E-state index is 7.74. The average molecular weight is 133 g/mol. The van der Waals surface area contributed by atoms with Crippen molar-refractivity contribution in [3.05, 3.63) is 0 Å².